The molecule has 0 fully saturated rings. The first-order chi connectivity index (χ1) is 8.43. The van der Waals surface area contributed by atoms with Gasteiger partial charge in [0.15, 0.2) is 0 Å². The monoisotopic (exact) mass is 259 g/mol. The molecule has 18 heavy (non-hydrogen) atoms. The number of pyridine rings is 1. The first-order valence-electron chi connectivity index (χ1n) is 5.29. The molecule has 0 saturated carbocycles. The maximum absolute atomic E-state index is 12.2. The Labute approximate surface area is 102 Å². The quantitative estimate of drug-likeness (QED) is 0.780. The van der Waals surface area contributed by atoms with Gasteiger partial charge in [-0.05, 0) is 18.6 Å². The van der Waals surface area contributed by atoms with Crippen LogP contribution in [-0.2, 0) is 15.7 Å². The minimum atomic E-state index is -4.44. The molecule has 98 valence electrons. The van der Waals surface area contributed by atoms with Crippen LogP contribution < -0.4 is 0 Å². The van der Waals surface area contributed by atoms with Gasteiger partial charge in [0.1, 0.15) is 5.69 Å². The number of alkyl halides is 3. The van der Waals surface area contributed by atoms with E-state index in [1.165, 1.54) is 18.2 Å². The number of ether oxygens (including phenoxy) is 1. The average molecular weight is 259 g/mol. The lowest BCUT2D eigenvalue weighted by atomic mass is 10.2. The summed E-state index contributed by atoms with van der Waals surface area (Å²) in [5.74, 6) is -0.381. The molecule has 6 heteroatoms. The largest absolute Gasteiger partial charge is 0.466 e. The molecule has 1 aromatic rings. The van der Waals surface area contributed by atoms with Crippen LogP contribution in [0.25, 0.3) is 6.08 Å². The summed E-state index contributed by atoms with van der Waals surface area (Å²) in [5, 5.41) is 0. The van der Waals surface area contributed by atoms with E-state index in [1.54, 1.807) is 6.92 Å². The van der Waals surface area contributed by atoms with Crippen LogP contribution in [0.3, 0.4) is 0 Å². The highest BCUT2D eigenvalue weighted by atomic mass is 19.4. The van der Waals surface area contributed by atoms with Crippen molar-refractivity contribution in [2.24, 2.45) is 0 Å². The molecule has 1 aromatic heterocycles. The third-order valence-corrected chi connectivity index (χ3v) is 1.98. The van der Waals surface area contributed by atoms with Crippen molar-refractivity contribution in [3.05, 3.63) is 35.7 Å². The molecule has 0 bridgehead atoms. The molecule has 0 aliphatic heterocycles. The summed E-state index contributed by atoms with van der Waals surface area (Å²) in [4.78, 5) is 14.3. The molecule has 0 atom stereocenters. The number of nitrogens with zero attached hydrogens (tertiary/aromatic N) is 1. The third kappa shape index (κ3) is 4.57. The van der Waals surface area contributed by atoms with E-state index in [0.717, 1.165) is 12.3 Å². The van der Waals surface area contributed by atoms with Gasteiger partial charge in [-0.2, -0.15) is 13.2 Å². The van der Waals surface area contributed by atoms with Gasteiger partial charge < -0.3 is 4.74 Å². The van der Waals surface area contributed by atoms with Gasteiger partial charge in [-0.1, -0.05) is 18.2 Å². The van der Waals surface area contributed by atoms with Crippen molar-refractivity contribution >= 4 is 12.0 Å². The van der Waals surface area contributed by atoms with Crippen LogP contribution in [0, 0.1) is 0 Å². The van der Waals surface area contributed by atoms with Crippen LogP contribution in [0.5, 0.6) is 0 Å². The summed E-state index contributed by atoms with van der Waals surface area (Å²) in [6, 6.07) is 2.18. The zero-order valence-corrected chi connectivity index (χ0v) is 9.70. The van der Waals surface area contributed by atoms with E-state index in [1.807, 2.05) is 0 Å². The van der Waals surface area contributed by atoms with Crippen LogP contribution in [-0.4, -0.2) is 17.6 Å². The Kier molecular flexibility index (Phi) is 4.88. The first kappa shape index (κ1) is 14.2. The molecule has 0 spiro atoms. The maximum atomic E-state index is 12.2. The van der Waals surface area contributed by atoms with Crippen molar-refractivity contribution in [2.45, 2.75) is 19.5 Å². The Morgan fingerprint density at radius 3 is 2.67 bits per heavy atom. The van der Waals surface area contributed by atoms with Crippen LogP contribution in [0.15, 0.2) is 24.4 Å². The van der Waals surface area contributed by atoms with Gasteiger partial charge in [-0.15, -0.1) is 0 Å². The molecule has 0 aliphatic rings. The van der Waals surface area contributed by atoms with E-state index in [-0.39, 0.29) is 12.4 Å². The Hall–Kier alpha value is -1.85. The zero-order chi connectivity index (χ0) is 13.6. The van der Waals surface area contributed by atoms with Crippen molar-refractivity contribution in [3.63, 3.8) is 0 Å². The molecule has 3 nitrogen and oxygen atoms in total. The summed E-state index contributed by atoms with van der Waals surface area (Å²) in [6.45, 7) is 2.00. The summed E-state index contributed by atoms with van der Waals surface area (Å²) in [6.07, 6.45) is -0.223. The minimum Gasteiger partial charge on any atom is -0.466 e. The lowest BCUT2D eigenvalue weighted by Crippen LogP contribution is -2.07. The van der Waals surface area contributed by atoms with E-state index in [9.17, 15) is 18.0 Å². The average Bonchev–Trinajstić information content (AvgIpc) is 2.29. The van der Waals surface area contributed by atoms with Crippen molar-refractivity contribution in [3.8, 4) is 0 Å². The number of hydrogen-bond donors (Lipinski definition) is 0. The highest BCUT2D eigenvalue weighted by Gasteiger charge is 2.31. The molecule has 0 aromatic carbocycles. The summed E-state index contributed by atoms with van der Waals surface area (Å²) < 4.78 is 41.4. The lowest BCUT2D eigenvalue weighted by Gasteiger charge is -2.04. The molecule has 0 aliphatic carbocycles. The van der Waals surface area contributed by atoms with Gasteiger partial charge in [-0.3, -0.25) is 9.78 Å². The van der Waals surface area contributed by atoms with Gasteiger partial charge in [0, 0.05) is 6.20 Å². The molecule has 0 amide bonds. The summed E-state index contributed by atoms with van der Waals surface area (Å²) in [7, 11) is 0. The van der Waals surface area contributed by atoms with E-state index in [4.69, 9.17) is 0 Å². The fraction of sp³-hybridized carbons (Fsp3) is 0.333. The van der Waals surface area contributed by atoms with Gasteiger partial charge in [-0.25, -0.2) is 0 Å². The van der Waals surface area contributed by atoms with Crippen LogP contribution >= 0.6 is 0 Å². The van der Waals surface area contributed by atoms with Crippen molar-refractivity contribution in [1.29, 1.82) is 0 Å². The number of aromatic nitrogens is 1. The number of esters is 1. The topological polar surface area (TPSA) is 39.2 Å². The van der Waals surface area contributed by atoms with Crippen molar-refractivity contribution < 1.29 is 22.7 Å². The maximum Gasteiger partial charge on any atom is 0.433 e. The highest BCUT2D eigenvalue weighted by molar-refractivity contribution is 5.72. The second-order valence-electron chi connectivity index (χ2n) is 3.39. The number of rotatable bonds is 4. The molecular formula is C12H12F3NO2. The Bertz CT molecular complexity index is 424. The second-order valence-corrected chi connectivity index (χ2v) is 3.39. The predicted octanol–water partition coefficient (Wildman–Crippen LogP) is 3.07. The van der Waals surface area contributed by atoms with Crippen LogP contribution in [0.2, 0.25) is 0 Å². The number of carbonyl (C=O) groups excluding carboxylic acids is 1. The number of carbonyl (C=O) groups is 1. The van der Waals surface area contributed by atoms with Crippen LogP contribution in [0.4, 0.5) is 13.2 Å². The van der Waals surface area contributed by atoms with Gasteiger partial charge >= 0.3 is 12.1 Å². The number of hydrogen-bond acceptors (Lipinski definition) is 3. The van der Waals surface area contributed by atoms with Gasteiger partial charge in [0.25, 0.3) is 0 Å². The molecule has 0 saturated heterocycles. The first-order valence-corrected chi connectivity index (χ1v) is 5.29. The number of halogens is 3. The van der Waals surface area contributed by atoms with Crippen LogP contribution in [0.1, 0.15) is 24.6 Å². The SMILES string of the molecule is CCOC(=O)CC=Cc1ccc(C(F)(F)F)nc1. The Morgan fingerprint density at radius 2 is 2.17 bits per heavy atom. The van der Waals surface area contributed by atoms with Crippen molar-refractivity contribution in [1.82, 2.24) is 4.98 Å². The van der Waals surface area contributed by atoms with Gasteiger partial charge in [0.05, 0.1) is 13.0 Å². The predicted molar refractivity (Wildman–Crippen MR) is 59.5 cm³/mol. The van der Waals surface area contributed by atoms with E-state index in [2.05, 4.69) is 9.72 Å². The normalized spacial score (nSPS) is 11.8. The molecule has 0 radical (unpaired) electrons. The van der Waals surface area contributed by atoms with E-state index in [0.29, 0.717) is 12.2 Å². The molecule has 0 N–H and O–H groups in total. The van der Waals surface area contributed by atoms with Crippen molar-refractivity contribution in [2.75, 3.05) is 6.61 Å². The third-order valence-electron chi connectivity index (χ3n) is 1.98. The fourth-order valence-electron chi connectivity index (χ4n) is 1.18. The molecule has 1 heterocycles. The fourth-order valence-corrected chi connectivity index (χ4v) is 1.18. The standard InChI is InChI=1S/C12H12F3NO2/c1-2-18-11(17)5-3-4-9-6-7-10(16-8-9)12(13,14)15/h3-4,6-8H,2,5H2,1H3. The molecule has 0 unspecified atom stereocenters. The highest BCUT2D eigenvalue weighted by Crippen LogP contribution is 2.27. The Balaban J connectivity index is 2.59. The van der Waals surface area contributed by atoms with Gasteiger partial charge in [0.2, 0.25) is 0 Å². The zero-order valence-electron chi connectivity index (χ0n) is 9.70. The van der Waals surface area contributed by atoms with E-state index < -0.39 is 11.9 Å². The summed E-state index contributed by atoms with van der Waals surface area (Å²) >= 11 is 0. The Morgan fingerprint density at radius 1 is 1.44 bits per heavy atom. The summed E-state index contributed by atoms with van der Waals surface area (Å²) in [5.41, 5.74) is -0.447. The smallest absolute Gasteiger partial charge is 0.433 e. The van der Waals surface area contributed by atoms with E-state index >= 15 is 0 Å². The minimum absolute atomic E-state index is 0.0782. The molecular weight excluding hydrogens is 247 g/mol. The molecule has 1 rings (SSSR count). The second kappa shape index (κ2) is 6.18. The lowest BCUT2D eigenvalue weighted by molar-refractivity contribution is -0.142.